The zero-order chi connectivity index (χ0) is 22.2. The second-order valence-electron chi connectivity index (χ2n) is 7.91. The molecule has 4 rings (SSSR count). The number of nitrogens with zero attached hydrogens (tertiary/aromatic N) is 1. The normalized spacial score (nSPS) is 17.0. The highest BCUT2D eigenvalue weighted by atomic mass is 32.2. The fraction of sp³-hybridized carbons (Fsp3) is 0.364. The van der Waals surface area contributed by atoms with Crippen LogP contribution in [0, 0.1) is 6.92 Å². The summed E-state index contributed by atoms with van der Waals surface area (Å²) in [5.74, 6) is -3.01. The molecule has 164 valence electrons. The van der Waals surface area contributed by atoms with E-state index in [1.54, 1.807) is 37.4 Å². The van der Waals surface area contributed by atoms with Crippen LogP contribution in [-0.2, 0) is 16.4 Å². The second-order valence-corrected chi connectivity index (χ2v) is 10.1. The van der Waals surface area contributed by atoms with E-state index in [1.165, 1.54) is 12.3 Å². The average Bonchev–Trinajstić information content (AvgIpc) is 3.16. The third kappa shape index (κ3) is 4.46. The number of furan rings is 1. The Kier molecular flexibility index (Phi) is 5.55. The minimum atomic E-state index is -3.69. The molecule has 1 N–H and O–H groups in total. The molecule has 0 unspecified atom stereocenters. The number of halogens is 2. The first-order valence-electron chi connectivity index (χ1n) is 9.99. The molecule has 0 spiro atoms. The smallest absolute Gasteiger partial charge is 0.287 e. The first-order chi connectivity index (χ1) is 14.7. The lowest BCUT2D eigenvalue weighted by atomic mass is 9.96. The summed E-state index contributed by atoms with van der Waals surface area (Å²) in [6, 6.07) is 8.17. The fourth-order valence-electron chi connectivity index (χ4n) is 3.91. The maximum Gasteiger partial charge on any atom is 0.287 e. The van der Waals surface area contributed by atoms with Gasteiger partial charge in [-0.25, -0.2) is 17.2 Å². The number of aryl methyl sites for hydroxylation is 1. The standard InChI is InChI=1S/C22H22F2N2O4S/c1-14-10-15(12-26-21(27)18-11-16-6-9-25-13-19(16)30-18)2-3-20(14)31(28,29)17-4-7-22(23,24)8-5-17/h2-3,6,9-11,13,17H,4-5,7-8,12H2,1H3,(H,26,27). The van der Waals surface area contributed by atoms with E-state index in [2.05, 4.69) is 10.3 Å². The molecule has 2 aromatic heterocycles. The SMILES string of the molecule is Cc1cc(CNC(=O)c2cc3ccncc3o2)ccc1S(=O)(=O)C1CCC(F)(F)CC1. The molecule has 1 aromatic carbocycles. The van der Waals surface area contributed by atoms with Crippen LogP contribution in [0.15, 0.2) is 52.0 Å². The third-order valence-electron chi connectivity index (χ3n) is 5.65. The van der Waals surface area contributed by atoms with Crippen LogP contribution in [0.25, 0.3) is 11.0 Å². The van der Waals surface area contributed by atoms with Crippen molar-refractivity contribution in [1.29, 1.82) is 0 Å². The molecule has 0 saturated heterocycles. The topological polar surface area (TPSA) is 89.3 Å². The Morgan fingerprint density at radius 3 is 2.65 bits per heavy atom. The molecule has 0 radical (unpaired) electrons. The number of fused-ring (bicyclic) bond motifs is 1. The van der Waals surface area contributed by atoms with Gasteiger partial charge >= 0.3 is 0 Å². The van der Waals surface area contributed by atoms with Crippen molar-refractivity contribution in [2.24, 2.45) is 0 Å². The molecule has 0 aliphatic heterocycles. The van der Waals surface area contributed by atoms with Crippen molar-refractivity contribution in [2.75, 3.05) is 0 Å². The van der Waals surface area contributed by atoms with Crippen molar-refractivity contribution in [3.8, 4) is 0 Å². The maximum atomic E-state index is 13.4. The number of amides is 1. The quantitative estimate of drug-likeness (QED) is 0.624. The number of sulfone groups is 1. The molecule has 0 atom stereocenters. The number of rotatable bonds is 5. The number of pyridine rings is 1. The molecule has 0 bridgehead atoms. The second kappa shape index (κ2) is 8.03. The summed E-state index contributed by atoms with van der Waals surface area (Å²) in [4.78, 5) is 16.5. The van der Waals surface area contributed by atoms with Crippen molar-refractivity contribution in [3.05, 3.63) is 59.6 Å². The van der Waals surface area contributed by atoms with Crippen molar-refractivity contribution in [1.82, 2.24) is 10.3 Å². The highest BCUT2D eigenvalue weighted by Crippen LogP contribution is 2.38. The highest BCUT2D eigenvalue weighted by Gasteiger charge is 2.40. The van der Waals surface area contributed by atoms with Crippen LogP contribution < -0.4 is 5.32 Å². The van der Waals surface area contributed by atoms with Gasteiger partial charge in [0.1, 0.15) is 0 Å². The number of alkyl halides is 2. The molecule has 9 heteroatoms. The van der Waals surface area contributed by atoms with Crippen LogP contribution >= 0.6 is 0 Å². The van der Waals surface area contributed by atoms with Gasteiger partial charge in [0.2, 0.25) is 5.92 Å². The fourth-order valence-corrected chi connectivity index (χ4v) is 5.89. The van der Waals surface area contributed by atoms with E-state index in [1.807, 2.05) is 0 Å². The van der Waals surface area contributed by atoms with Crippen LogP contribution in [0.1, 0.15) is 47.4 Å². The molecule has 2 heterocycles. The Morgan fingerprint density at radius 1 is 1.23 bits per heavy atom. The van der Waals surface area contributed by atoms with Gasteiger partial charge in [0.05, 0.1) is 16.3 Å². The van der Waals surface area contributed by atoms with Gasteiger partial charge in [-0.3, -0.25) is 9.78 Å². The van der Waals surface area contributed by atoms with E-state index in [4.69, 9.17) is 4.42 Å². The van der Waals surface area contributed by atoms with Gasteiger partial charge in [-0.1, -0.05) is 12.1 Å². The Bertz CT molecular complexity index is 1190. The zero-order valence-corrected chi connectivity index (χ0v) is 17.7. The molecule has 1 amide bonds. The van der Waals surface area contributed by atoms with Gasteiger partial charge in [0.15, 0.2) is 21.2 Å². The lowest BCUT2D eigenvalue weighted by Gasteiger charge is -2.28. The van der Waals surface area contributed by atoms with E-state index in [-0.39, 0.29) is 30.0 Å². The number of hydrogen-bond acceptors (Lipinski definition) is 5. The van der Waals surface area contributed by atoms with Gasteiger partial charge < -0.3 is 9.73 Å². The first kappa shape index (κ1) is 21.4. The molecule has 31 heavy (non-hydrogen) atoms. The average molecular weight is 448 g/mol. The van der Waals surface area contributed by atoms with Crippen molar-refractivity contribution < 1.29 is 26.4 Å². The molecule has 1 aliphatic rings. The molecular weight excluding hydrogens is 426 g/mol. The van der Waals surface area contributed by atoms with Crippen LogP contribution in [0.3, 0.4) is 0 Å². The number of carbonyl (C=O) groups excluding carboxylic acids is 1. The molecule has 3 aromatic rings. The first-order valence-corrected chi connectivity index (χ1v) is 11.5. The van der Waals surface area contributed by atoms with Crippen LogP contribution in [-0.4, -0.2) is 30.5 Å². The Hall–Kier alpha value is -2.81. The lowest BCUT2D eigenvalue weighted by Crippen LogP contribution is -2.32. The summed E-state index contributed by atoms with van der Waals surface area (Å²) in [7, 11) is -3.69. The van der Waals surface area contributed by atoms with E-state index < -0.39 is 39.8 Å². The predicted molar refractivity (Wildman–Crippen MR) is 111 cm³/mol. The zero-order valence-electron chi connectivity index (χ0n) is 16.9. The molecular formula is C22H22F2N2O4S. The molecule has 6 nitrogen and oxygen atoms in total. The number of benzene rings is 1. The van der Waals surface area contributed by atoms with E-state index in [9.17, 15) is 22.0 Å². The number of nitrogens with one attached hydrogen (secondary N) is 1. The monoisotopic (exact) mass is 448 g/mol. The van der Waals surface area contributed by atoms with Gasteiger partial charge in [-0.2, -0.15) is 0 Å². The number of aromatic nitrogens is 1. The molecule has 1 saturated carbocycles. The summed E-state index contributed by atoms with van der Waals surface area (Å²) in [5, 5.41) is 2.72. The van der Waals surface area contributed by atoms with Crippen molar-refractivity contribution in [2.45, 2.75) is 55.2 Å². The van der Waals surface area contributed by atoms with Gasteiger partial charge in [0.25, 0.3) is 5.91 Å². The summed E-state index contributed by atoms with van der Waals surface area (Å²) in [6.45, 7) is 1.85. The Balaban J connectivity index is 1.44. The minimum Gasteiger partial charge on any atom is -0.449 e. The third-order valence-corrected chi connectivity index (χ3v) is 8.07. The molecule has 1 aliphatic carbocycles. The Morgan fingerprint density at radius 2 is 1.97 bits per heavy atom. The van der Waals surface area contributed by atoms with E-state index >= 15 is 0 Å². The summed E-state index contributed by atoms with van der Waals surface area (Å²) >= 11 is 0. The maximum absolute atomic E-state index is 13.4. The van der Waals surface area contributed by atoms with Crippen LogP contribution in [0.5, 0.6) is 0 Å². The highest BCUT2D eigenvalue weighted by molar-refractivity contribution is 7.92. The van der Waals surface area contributed by atoms with Crippen molar-refractivity contribution in [3.63, 3.8) is 0 Å². The summed E-state index contributed by atoms with van der Waals surface area (Å²) in [5.41, 5.74) is 1.76. The summed E-state index contributed by atoms with van der Waals surface area (Å²) in [6.07, 6.45) is 2.24. The lowest BCUT2D eigenvalue weighted by molar-refractivity contribution is -0.0328. The predicted octanol–water partition coefficient (Wildman–Crippen LogP) is 4.42. The van der Waals surface area contributed by atoms with E-state index in [0.29, 0.717) is 11.1 Å². The van der Waals surface area contributed by atoms with Crippen molar-refractivity contribution >= 4 is 26.7 Å². The van der Waals surface area contributed by atoms with E-state index in [0.717, 1.165) is 10.9 Å². The Labute approximate surface area is 178 Å². The minimum absolute atomic E-state index is 0.0421. The van der Waals surface area contributed by atoms with Gasteiger partial charge in [0, 0.05) is 31.0 Å². The molecule has 1 fully saturated rings. The van der Waals surface area contributed by atoms with Gasteiger partial charge in [-0.05, 0) is 49.1 Å². The van der Waals surface area contributed by atoms with Gasteiger partial charge in [-0.15, -0.1) is 0 Å². The number of carbonyl (C=O) groups is 1. The summed E-state index contributed by atoms with van der Waals surface area (Å²) < 4.78 is 58.1. The number of hydrogen-bond donors (Lipinski definition) is 1. The van der Waals surface area contributed by atoms with Crippen LogP contribution in [0.4, 0.5) is 8.78 Å². The van der Waals surface area contributed by atoms with Crippen LogP contribution in [0.2, 0.25) is 0 Å². The largest absolute Gasteiger partial charge is 0.449 e.